The van der Waals surface area contributed by atoms with Crippen LogP contribution in [0.2, 0.25) is 0 Å². The standard InChI is InChI=1S/C69H112O6/c1-4-7-10-13-16-19-22-25-28-31-32-33-34-35-36-39-41-44-47-50-53-56-59-62-68(71)74-65-66(75-69(72)63-60-57-54-51-48-45-42-38-30-27-24-21-18-15-12-9-6-3)64-73-67(70)61-58-55-52-49-46-43-40-37-29-26-23-20-17-14-11-8-5-2/h7,9-10,12,16,18-19,21,25,27-28,30,32-33,35-36,41-42,44-45,51,54,66H,4-6,8,11,13-15,17,20,22-24,26,29,31,34,37-40,43,46-50,52-53,55-65H2,1-3H3/b10-7-,12-9-,19-16-,21-18-,28-25-,30-27-,33-32-,36-35-,44-41-,45-42-,54-51-. The molecule has 0 saturated heterocycles. The lowest BCUT2D eigenvalue weighted by molar-refractivity contribution is -0.167. The van der Waals surface area contributed by atoms with Crippen molar-refractivity contribution in [1.82, 2.24) is 0 Å². The molecule has 6 heteroatoms. The number of allylic oxidation sites excluding steroid dienone is 22. The molecule has 0 fully saturated rings. The average molecular weight is 1040 g/mol. The molecule has 0 bridgehead atoms. The number of unbranched alkanes of at least 4 members (excludes halogenated alkanes) is 21. The summed E-state index contributed by atoms with van der Waals surface area (Å²) < 4.78 is 16.8. The Balaban J connectivity index is 4.51. The molecule has 75 heavy (non-hydrogen) atoms. The summed E-state index contributed by atoms with van der Waals surface area (Å²) in [4.78, 5) is 38.3. The summed E-state index contributed by atoms with van der Waals surface area (Å²) in [5, 5.41) is 0. The lowest BCUT2D eigenvalue weighted by atomic mass is 10.0. The summed E-state index contributed by atoms with van der Waals surface area (Å²) in [6.07, 6.45) is 87.4. The third-order valence-corrected chi connectivity index (χ3v) is 12.7. The van der Waals surface area contributed by atoms with Crippen molar-refractivity contribution in [2.45, 2.75) is 271 Å². The summed E-state index contributed by atoms with van der Waals surface area (Å²) in [5.41, 5.74) is 0. The number of hydrogen-bond acceptors (Lipinski definition) is 6. The third-order valence-electron chi connectivity index (χ3n) is 12.7. The fourth-order valence-electron chi connectivity index (χ4n) is 8.13. The van der Waals surface area contributed by atoms with Crippen molar-refractivity contribution in [2.75, 3.05) is 13.2 Å². The number of hydrogen-bond donors (Lipinski definition) is 0. The average Bonchev–Trinajstić information content (AvgIpc) is 3.41. The maximum atomic E-state index is 12.9. The molecule has 0 aliphatic heterocycles. The molecule has 0 aliphatic rings. The smallest absolute Gasteiger partial charge is 0.306 e. The van der Waals surface area contributed by atoms with Crippen molar-refractivity contribution < 1.29 is 28.6 Å². The van der Waals surface area contributed by atoms with E-state index in [-0.39, 0.29) is 37.5 Å². The molecule has 424 valence electrons. The Morgan fingerprint density at radius 2 is 0.533 bits per heavy atom. The van der Waals surface area contributed by atoms with Crippen molar-refractivity contribution in [3.8, 4) is 0 Å². The van der Waals surface area contributed by atoms with Crippen LogP contribution in [0, 0.1) is 0 Å². The van der Waals surface area contributed by atoms with E-state index in [2.05, 4.69) is 154 Å². The summed E-state index contributed by atoms with van der Waals surface area (Å²) in [5.74, 6) is -0.994. The normalized spacial score (nSPS) is 13.1. The van der Waals surface area contributed by atoms with Gasteiger partial charge in [0.2, 0.25) is 0 Å². The Hall–Kier alpha value is -4.45. The van der Waals surface area contributed by atoms with E-state index in [4.69, 9.17) is 14.2 Å². The van der Waals surface area contributed by atoms with Gasteiger partial charge in [-0.1, -0.05) is 270 Å². The largest absolute Gasteiger partial charge is 0.462 e. The van der Waals surface area contributed by atoms with Crippen LogP contribution in [0.15, 0.2) is 134 Å². The number of carbonyl (C=O) groups excluding carboxylic acids is 3. The first-order valence-electron chi connectivity index (χ1n) is 30.7. The second kappa shape index (κ2) is 62.1. The zero-order chi connectivity index (χ0) is 54.3. The fourth-order valence-corrected chi connectivity index (χ4v) is 8.13. The summed E-state index contributed by atoms with van der Waals surface area (Å²) in [7, 11) is 0. The second-order valence-corrected chi connectivity index (χ2v) is 19.9. The van der Waals surface area contributed by atoms with Gasteiger partial charge in [-0.3, -0.25) is 14.4 Å². The van der Waals surface area contributed by atoms with E-state index in [1.54, 1.807) is 0 Å². The van der Waals surface area contributed by atoms with Gasteiger partial charge >= 0.3 is 17.9 Å². The molecular weight excluding hydrogens is 925 g/mol. The summed E-state index contributed by atoms with van der Waals surface area (Å²) in [6.45, 7) is 6.35. The number of esters is 3. The van der Waals surface area contributed by atoms with E-state index in [9.17, 15) is 14.4 Å². The van der Waals surface area contributed by atoms with Gasteiger partial charge in [0, 0.05) is 19.3 Å². The molecule has 1 unspecified atom stereocenters. The van der Waals surface area contributed by atoms with E-state index in [0.29, 0.717) is 19.3 Å². The number of rotatable bonds is 54. The molecule has 0 aromatic rings. The van der Waals surface area contributed by atoms with Crippen LogP contribution in [0.5, 0.6) is 0 Å². The van der Waals surface area contributed by atoms with Crippen LogP contribution in [0.25, 0.3) is 0 Å². The Kier molecular flexibility index (Phi) is 58.4. The molecular formula is C69H112O6. The molecule has 6 nitrogen and oxygen atoms in total. The zero-order valence-corrected chi connectivity index (χ0v) is 48.5. The Morgan fingerprint density at radius 3 is 0.853 bits per heavy atom. The molecule has 0 aliphatic carbocycles. The van der Waals surface area contributed by atoms with E-state index < -0.39 is 6.10 Å². The van der Waals surface area contributed by atoms with Crippen LogP contribution in [-0.2, 0) is 28.6 Å². The van der Waals surface area contributed by atoms with Gasteiger partial charge in [0.05, 0.1) is 0 Å². The molecule has 0 aromatic carbocycles. The maximum absolute atomic E-state index is 12.9. The molecule has 1 atom stereocenters. The number of ether oxygens (including phenoxy) is 3. The quantitative estimate of drug-likeness (QED) is 0.0261. The highest BCUT2D eigenvalue weighted by Crippen LogP contribution is 2.15. The topological polar surface area (TPSA) is 78.9 Å². The molecule has 0 heterocycles. The molecule has 0 N–H and O–H groups in total. The monoisotopic (exact) mass is 1040 g/mol. The van der Waals surface area contributed by atoms with Crippen molar-refractivity contribution in [1.29, 1.82) is 0 Å². The van der Waals surface area contributed by atoms with Gasteiger partial charge in [-0.25, -0.2) is 0 Å². The van der Waals surface area contributed by atoms with Gasteiger partial charge in [0.15, 0.2) is 6.10 Å². The van der Waals surface area contributed by atoms with Crippen molar-refractivity contribution in [3.63, 3.8) is 0 Å². The van der Waals surface area contributed by atoms with Crippen LogP contribution >= 0.6 is 0 Å². The van der Waals surface area contributed by atoms with Gasteiger partial charge in [-0.2, -0.15) is 0 Å². The molecule has 0 spiro atoms. The SMILES string of the molecule is CC/C=C\C/C=C\C/C=C\C/C=C\C/C=C\C/C=C\CCCCCCC(=O)OCC(COC(=O)CCCCCCCCCCCCCCCCCCC)OC(=O)CCC/C=C\C/C=C\C/C=C\C/C=C\C/C=C\CC. The van der Waals surface area contributed by atoms with E-state index in [0.717, 1.165) is 128 Å². The highest BCUT2D eigenvalue weighted by atomic mass is 16.6. The van der Waals surface area contributed by atoms with E-state index in [1.165, 1.54) is 89.9 Å². The van der Waals surface area contributed by atoms with Gasteiger partial charge < -0.3 is 14.2 Å². The Bertz CT molecular complexity index is 1620. The highest BCUT2D eigenvalue weighted by Gasteiger charge is 2.19. The first kappa shape index (κ1) is 70.5. The maximum Gasteiger partial charge on any atom is 0.306 e. The molecule has 0 aromatic heterocycles. The summed E-state index contributed by atoms with van der Waals surface area (Å²) >= 11 is 0. The van der Waals surface area contributed by atoms with E-state index in [1.807, 2.05) is 0 Å². The van der Waals surface area contributed by atoms with Crippen LogP contribution in [-0.4, -0.2) is 37.2 Å². The van der Waals surface area contributed by atoms with Crippen molar-refractivity contribution in [3.05, 3.63) is 134 Å². The lowest BCUT2D eigenvalue weighted by Gasteiger charge is -2.18. The molecule has 0 rings (SSSR count). The minimum atomic E-state index is -0.823. The van der Waals surface area contributed by atoms with Gasteiger partial charge in [-0.05, 0) is 109 Å². The Morgan fingerprint density at radius 1 is 0.280 bits per heavy atom. The predicted octanol–water partition coefficient (Wildman–Crippen LogP) is 21.0. The first-order valence-corrected chi connectivity index (χ1v) is 30.7. The van der Waals surface area contributed by atoms with Crippen LogP contribution < -0.4 is 0 Å². The molecule has 0 saturated carbocycles. The predicted molar refractivity (Wildman–Crippen MR) is 325 cm³/mol. The Labute approximate surface area is 462 Å². The van der Waals surface area contributed by atoms with Gasteiger partial charge in [0.25, 0.3) is 0 Å². The van der Waals surface area contributed by atoms with Crippen LogP contribution in [0.3, 0.4) is 0 Å². The van der Waals surface area contributed by atoms with Gasteiger partial charge in [-0.15, -0.1) is 0 Å². The van der Waals surface area contributed by atoms with Crippen LogP contribution in [0.4, 0.5) is 0 Å². The lowest BCUT2D eigenvalue weighted by Crippen LogP contribution is -2.30. The fraction of sp³-hybridized carbons (Fsp3) is 0.638. The summed E-state index contributed by atoms with van der Waals surface area (Å²) in [6, 6.07) is 0. The van der Waals surface area contributed by atoms with Crippen LogP contribution in [0.1, 0.15) is 265 Å². The third kappa shape index (κ3) is 60.3. The molecule has 0 radical (unpaired) electrons. The first-order chi connectivity index (χ1) is 37.0. The highest BCUT2D eigenvalue weighted by molar-refractivity contribution is 5.71. The zero-order valence-electron chi connectivity index (χ0n) is 48.5. The minimum Gasteiger partial charge on any atom is -0.462 e. The van der Waals surface area contributed by atoms with Crippen molar-refractivity contribution in [2.24, 2.45) is 0 Å². The second-order valence-electron chi connectivity index (χ2n) is 19.9. The van der Waals surface area contributed by atoms with Gasteiger partial charge in [0.1, 0.15) is 13.2 Å². The molecule has 0 amide bonds. The number of carbonyl (C=O) groups is 3. The minimum absolute atomic E-state index is 0.111. The van der Waals surface area contributed by atoms with Crippen molar-refractivity contribution >= 4 is 17.9 Å². The van der Waals surface area contributed by atoms with E-state index >= 15 is 0 Å².